The van der Waals surface area contributed by atoms with Crippen molar-refractivity contribution >= 4 is 32.0 Å². The lowest BCUT2D eigenvalue weighted by molar-refractivity contribution is 0.343. The van der Waals surface area contributed by atoms with Crippen LogP contribution in [0, 0.1) is 5.82 Å². The van der Waals surface area contributed by atoms with Gasteiger partial charge in [0.05, 0.1) is 12.0 Å². The van der Waals surface area contributed by atoms with E-state index >= 15 is 0 Å². The molecule has 9 nitrogen and oxygen atoms in total. The van der Waals surface area contributed by atoms with Crippen LogP contribution in [0.2, 0.25) is 12.1 Å². The Morgan fingerprint density at radius 3 is 2.78 bits per heavy atom. The van der Waals surface area contributed by atoms with Gasteiger partial charge in [0.15, 0.2) is 11.5 Å². The number of fused-ring (bicyclic) bond motifs is 2. The second-order valence-corrected chi connectivity index (χ2v) is 10.9. The first-order chi connectivity index (χ1) is 18.0. The van der Waals surface area contributed by atoms with Gasteiger partial charge in [-0.2, -0.15) is 5.10 Å². The summed E-state index contributed by atoms with van der Waals surface area (Å²) in [7, 11) is 0.683. The van der Waals surface area contributed by atoms with Gasteiger partial charge in [-0.15, -0.1) is 0 Å². The van der Waals surface area contributed by atoms with Crippen LogP contribution in [0.1, 0.15) is 38.4 Å². The van der Waals surface area contributed by atoms with Crippen LogP contribution in [-0.2, 0) is 0 Å². The van der Waals surface area contributed by atoms with Crippen molar-refractivity contribution in [2.24, 2.45) is 0 Å². The van der Waals surface area contributed by atoms with E-state index < -0.39 is 5.54 Å². The van der Waals surface area contributed by atoms with E-state index in [9.17, 15) is 9.18 Å². The van der Waals surface area contributed by atoms with Gasteiger partial charge in [-0.1, -0.05) is 13.5 Å². The molecule has 1 N–H and O–H groups in total. The highest BCUT2D eigenvalue weighted by Gasteiger charge is 2.52. The number of H-pyrrole nitrogens is 1. The van der Waals surface area contributed by atoms with Gasteiger partial charge in [0, 0.05) is 33.7 Å². The molecule has 1 aromatic carbocycles. The van der Waals surface area contributed by atoms with E-state index in [0.29, 0.717) is 37.7 Å². The summed E-state index contributed by atoms with van der Waals surface area (Å²) >= 11 is 0. The van der Waals surface area contributed by atoms with E-state index in [-0.39, 0.29) is 17.3 Å². The summed E-state index contributed by atoms with van der Waals surface area (Å²) < 4.78 is 17.2. The quantitative estimate of drug-likeness (QED) is 0.344. The van der Waals surface area contributed by atoms with Crippen LogP contribution in [0.5, 0.6) is 0 Å². The average Bonchev–Trinajstić information content (AvgIpc) is 3.64. The highest BCUT2D eigenvalue weighted by atomic mass is 28.2. The van der Waals surface area contributed by atoms with Crippen LogP contribution in [-0.4, -0.2) is 55.7 Å². The van der Waals surface area contributed by atoms with Gasteiger partial charge in [-0.3, -0.25) is 9.36 Å². The number of hydrogen-bond acceptors (Lipinski definition) is 6. The Balaban J connectivity index is 1.60. The standard InChI is InChI=1S/C26H27FN8OSi/c1-4-18(23-32-34-12-5-6-19(34)25(36)35(23)17-9-7-16(27)8-10-17)26(2)20(37-3)11-13-33(26)24-21-22(29-14-28-21)30-15-31-24/h5-10,12,14-15,18,20H,4,11,13H2,1-3H3,(H,28,29,30,31). The van der Waals surface area contributed by atoms with Gasteiger partial charge < -0.3 is 9.88 Å². The van der Waals surface area contributed by atoms with E-state index in [1.807, 2.05) is 6.07 Å². The smallest absolute Gasteiger partial charge is 0.282 e. The first-order valence-corrected chi connectivity index (χ1v) is 14.0. The number of imidazole rings is 1. The fourth-order valence-corrected chi connectivity index (χ4v) is 7.42. The van der Waals surface area contributed by atoms with Gasteiger partial charge in [-0.25, -0.2) is 23.9 Å². The number of aromatic amines is 1. The van der Waals surface area contributed by atoms with Gasteiger partial charge in [0.2, 0.25) is 0 Å². The summed E-state index contributed by atoms with van der Waals surface area (Å²) in [6.07, 6.45) is 6.73. The molecular weight excluding hydrogens is 487 g/mol. The predicted octanol–water partition coefficient (Wildman–Crippen LogP) is 3.99. The molecular formula is C26H27FN8OSi. The van der Waals surface area contributed by atoms with Crippen molar-refractivity contribution in [1.82, 2.24) is 34.1 Å². The Kier molecular flexibility index (Phi) is 5.67. The van der Waals surface area contributed by atoms with Crippen molar-refractivity contribution < 1.29 is 4.39 Å². The zero-order valence-electron chi connectivity index (χ0n) is 20.9. The van der Waals surface area contributed by atoms with Crippen molar-refractivity contribution in [2.75, 3.05) is 11.4 Å². The molecule has 1 fully saturated rings. The highest BCUT2D eigenvalue weighted by molar-refractivity contribution is 6.36. The lowest BCUT2D eigenvalue weighted by Crippen LogP contribution is -2.51. The van der Waals surface area contributed by atoms with Crippen molar-refractivity contribution in [3.63, 3.8) is 0 Å². The number of anilines is 1. The van der Waals surface area contributed by atoms with Gasteiger partial charge in [0.1, 0.15) is 29.0 Å². The molecule has 5 heterocycles. The minimum absolute atomic E-state index is 0.134. The number of aromatic nitrogens is 7. The normalized spacial score (nSPS) is 20.8. The lowest BCUT2D eigenvalue weighted by atomic mass is 9.80. The minimum atomic E-state index is -0.406. The summed E-state index contributed by atoms with van der Waals surface area (Å²) in [4.78, 5) is 32.8. The zero-order valence-corrected chi connectivity index (χ0v) is 21.9. The van der Waals surface area contributed by atoms with Gasteiger partial charge in [-0.05, 0) is 61.7 Å². The third-order valence-electron chi connectivity index (χ3n) is 7.84. The Morgan fingerprint density at radius 2 is 2.03 bits per heavy atom. The fourth-order valence-electron chi connectivity index (χ4n) is 6.06. The molecule has 6 rings (SSSR count). The molecule has 0 saturated carbocycles. The molecule has 1 aliphatic rings. The first kappa shape index (κ1) is 23.5. The number of rotatable bonds is 6. The number of benzene rings is 1. The Bertz CT molecular complexity index is 1640. The molecule has 188 valence electrons. The molecule has 37 heavy (non-hydrogen) atoms. The Morgan fingerprint density at radius 1 is 1.22 bits per heavy atom. The van der Waals surface area contributed by atoms with Crippen LogP contribution in [0.4, 0.5) is 10.2 Å². The van der Waals surface area contributed by atoms with E-state index in [1.165, 1.54) is 12.1 Å². The van der Waals surface area contributed by atoms with E-state index in [4.69, 9.17) is 10.1 Å². The molecule has 1 saturated heterocycles. The molecule has 0 aliphatic carbocycles. The minimum Gasteiger partial charge on any atom is -0.349 e. The molecule has 3 atom stereocenters. The summed E-state index contributed by atoms with van der Waals surface area (Å²) in [6.45, 7) is 7.45. The second-order valence-electron chi connectivity index (χ2n) is 9.58. The summed E-state index contributed by atoms with van der Waals surface area (Å²) in [5.74, 6) is 0.970. The largest absolute Gasteiger partial charge is 0.349 e. The predicted molar refractivity (Wildman–Crippen MR) is 141 cm³/mol. The second kappa shape index (κ2) is 8.91. The third-order valence-corrected chi connectivity index (χ3v) is 9.41. The fraction of sp³-hybridized carbons (Fsp3) is 0.346. The number of hydrogen-bond donors (Lipinski definition) is 1. The molecule has 0 bridgehead atoms. The van der Waals surface area contributed by atoms with Crippen LogP contribution in [0.3, 0.4) is 0 Å². The maximum Gasteiger partial charge on any atom is 0.282 e. The molecule has 5 aromatic rings. The number of nitrogens with zero attached hydrogens (tertiary/aromatic N) is 7. The van der Waals surface area contributed by atoms with Crippen LogP contribution < -0.4 is 10.5 Å². The number of halogens is 1. The topological polar surface area (TPSA) is 97.0 Å². The highest BCUT2D eigenvalue weighted by Crippen LogP contribution is 2.51. The third kappa shape index (κ3) is 3.51. The van der Waals surface area contributed by atoms with Crippen molar-refractivity contribution in [2.45, 2.75) is 50.2 Å². The maximum atomic E-state index is 13.8. The average molecular weight is 515 g/mol. The molecule has 4 aromatic heterocycles. The van der Waals surface area contributed by atoms with E-state index in [1.54, 1.807) is 46.1 Å². The molecule has 0 amide bonds. The summed E-state index contributed by atoms with van der Waals surface area (Å²) in [5.41, 5.74) is 2.26. The van der Waals surface area contributed by atoms with E-state index in [2.05, 4.69) is 40.2 Å². The molecule has 11 heteroatoms. The first-order valence-electron chi connectivity index (χ1n) is 12.4. The summed E-state index contributed by atoms with van der Waals surface area (Å²) in [5, 5.41) is 5.01. The van der Waals surface area contributed by atoms with Crippen molar-refractivity contribution in [1.29, 1.82) is 0 Å². The monoisotopic (exact) mass is 514 g/mol. The SMILES string of the molecule is CCC(c1nn2cccc2c(=O)n1-c1ccc(F)cc1)C1(C)C([Si]C)CCN1c1ncnc2nc[nH]c12. The number of nitrogens with one attached hydrogen (secondary N) is 1. The van der Waals surface area contributed by atoms with E-state index in [0.717, 1.165) is 30.7 Å². The molecule has 0 spiro atoms. The maximum absolute atomic E-state index is 13.8. The lowest BCUT2D eigenvalue weighted by Gasteiger charge is -2.45. The van der Waals surface area contributed by atoms with Crippen LogP contribution >= 0.6 is 0 Å². The Hall–Kier alpha value is -3.86. The van der Waals surface area contributed by atoms with Gasteiger partial charge >= 0.3 is 0 Å². The molecule has 3 unspecified atom stereocenters. The zero-order chi connectivity index (χ0) is 25.7. The Labute approximate surface area is 215 Å². The molecule has 2 radical (unpaired) electrons. The molecule has 1 aliphatic heterocycles. The summed E-state index contributed by atoms with van der Waals surface area (Å²) in [6, 6.07) is 9.62. The van der Waals surface area contributed by atoms with Crippen LogP contribution in [0.15, 0.2) is 60.0 Å². The van der Waals surface area contributed by atoms with Crippen molar-refractivity contribution in [3.8, 4) is 5.69 Å². The van der Waals surface area contributed by atoms with Crippen molar-refractivity contribution in [3.05, 3.63) is 77.2 Å². The van der Waals surface area contributed by atoms with Gasteiger partial charge in [0.25, 0.3) is 5.56 Å². The van der Waals surface area contributed by atoms with Crippen LogP contribution in [0.25, 0.3) is 22.4 Å².